The van der Waals surface area contributed by atoms with Crippen LogP contribution in [0.4, 0.5) is 5.13 Å². The van der Waals surface area contributed by atoms with Crippen LogP contribution in [0.15, 0.2) is 5.38 Å². The summed E-state index contributed by atoms with van der Waals surface area (Å²) in [4.78, 5) is 7.28. The standard InChI is InChI=1S/C13H21N3S/c1-2-7-16(12-5-6-12)13-15-11(9-17-13)8-14-10-3-4-10/h9-10,12,14H,2-8H2,1H3. The van der Waals surface area contributed by atoms with Gasteiger partial charge >= 0.3 is 0 Å². The summed E-state index contributed by atoms with van der Waals surface area (Å²) in [5, 5.41) is 6.98. The van der Waals surface area contributed by atoms with Gasteiger partial charge in [-0.3, -0.25) is 0 Å². The summed E-state index contributed by atoms with van der Waals surface area (Å²) in [6.45, 7) is 4.36. The zero-order valence-corrected chi connectivity index (χ0v) is 11.3. The highest BCUT2D eigenvalue weighted by Gasteiger charge is 2.30. The molecular formula is C13H21N3S. The van der Waals surface area contributed by atoms with Gasteiger partial charge in [0, 0.05) is 30.6 Å². The minimum absolute atomic E-state index is 0.773. The van der Waals surface area contributed by atoms with Gasteiger partial charge in [0.2, 0.25) is 0 Å². The molecule has 0 aliphatic heterocycles. The summed E-state index contributed by atoms with van der Waals surface area (Å²) in [6, 6.07) is 1.56. The molecule has 0 aromatic carbocycles. The van der Waals surface area contributed by atoms with Crippen LogP contribution in [0.1, 0.15) is 44.7 Å². The van der Waals surface area contributed by atoms with Gasteiger partial charge < -0.3 is 10.2 Å². The Labute approximate surface area is 107 Å². The molecule has 2 aliphatic carbocycles. The highest BCUT2D eigenvalue weighted by Crippen LogP contribution is 2.33. The van der Waals surface area contributed by atoms with Crippen molar-refractivity contribution in [1.29, 1.82) is 0 Å². The highest BCUT2D eigenvalue weighted by molar-refractivity contribution is 7.13. The molecule has 2 fully saturated rings. The lowest BCUT2D eigenvalue weighted by Gasteiger charge is -2.20. The van der Waals surface area contributed by atoms with Gasteiger partial charge in [0.15, 0.2) is 5.13 Å². The van der Waals surface area contributed by atoms with Crippen molar-refractivity contribution in [3.8, 4) is 0 Å². The molecule has 1 N–H and O–H groups in total. The van der Waals surface area contributed by atoms with Gasteiger partial charge in [-0.1, -0.05) is 6.92 Å². The topological polar surface area (TPSA) is 28.2 Å². The van der Waals surface area contributed by atoms with Crippen LogP contribution in [0, 0.1) is 0 Å². The SMILES string of the molecule is CCCN(c1nc(CNC2CC2)cs1)C1CC1. The molecule has 2 aliphatic rings. The second-order valence-corrected chi connectivity index (χ2v) is 6.04. The number of aromatic nitrogens is 1. The highest BCUT2D eigenvalue weighted by atomic mass is 32.1. The fourth-order valence-corrected chi connectivity index (χ4v) is 3.03. The van der Waals surface area contributed by atoms with Crippen LogP contribution in [0.5, 0.6) is 0 Å². The molecule has 2 saturated carbocycles. The summed E-state index contributed by atoms with van der Waals surface area (Å²) >= 11 is 1.81. The molecule has 3 nitrogen and oxygen atoms in total. The molecule has 0 amide bonds. The van der Waals surface area contributed by atoms with Gasteiger partial charge in [0.25, 0.3) is 0 Å². The number of nitrogens with zero attached hydrogens (tertiary/aromatic N) is 2. The minimum Gasteiger partial charge on any atom is -0.345 e. The zero-order valence-electron chi connectivity index (χ0n) is 10.5. The Morgan fingerprint density at radius 2 is 2.24 bits per heavy atom. The second-order valence-electron chi connectivity index (χ2n) is 5.20. The first-order valence-corrected chi connectivity index (χ1v) is 7.69. The summed E-state index contributed by atoms with van der Waals surface area (Å²) in [5.74, 6) is 0. The predicted molar refractivity (Wildman–Crippen MR) is 72.6 cm³/mol. The average Bonchev–Trinajstić information content (AvgIpc) is 3.23. The Balaban J connectivity index is 1.60. The Bertz CT molecular complexity index is 368. The van der Waals surface area contributed by atoms with E-state index in [0.717, 1.165) is 25.2 Å². The number of hydrogen-bond acceptors (Lipinski definition) is 4. The molecule has 1 aromatic rings. The zero-order chi connectivity index (χ0) is 11.7. The predicted octanol–water partition coefficient (Wildman–Crippen LogP) is 2.77. The van der Waals surface area contributed by atoms with E-state index >= 15 is 0 Å². The van der Waals surface area contributed by atoms with Gasteiger partial charge in [-0.2, -0.15) is 0 Å². The number of anilines is 1. The summed E-state index contributed by atoms with van der Waals surface area (Å²) in [6.07, 6.45) is 6.62. The number of hydrogen-bond donors (Lipinski definition) is 1. The third-order valence-corrected chi connectivity index (χ3v) is 4.31. The maximum Gasteiger partial charge on any atom is 0.185 e. The quantitative estimate of drug-likeness (QED) is 0.807. The molecule has 1 aromatic heterocycles. The van der Waals surface area contributed by atoms with Gasteiger partial charge in [-0.15, -0.1) is 11.3 Å². The lowest BCUT2D eigenvalue weighted by Crippen LogP contribution is -2.26. The molecule has 3 rings (SSSR count). The smallest absolute Gasteiger partial charge is 0.185 e. The van der Waals surface area contributed by atoms with Crippen molar-refractivity contribution in [2.75, 3.05) is 11.4 Å². The Kier molecular flexibility index (Phi) is 3.34. The van der Waals surface area contributed by atoms with E-state index in [1.807, 2.05) is 11.3 Å². The van der Waals surface area contributed by atoms with Crippen molar-refractivity contribution < 1.29 is 0 Å². The number of thiazole rings is 1. The van der Waals surface area contributed by atoms with Crippen molar-refractivity contribution in [1.82, 2.24) is 10.3 Å². The molecule has 17 heavy (non-hydrogen) atoms. The second kappa shape index (κ2) is 4.94. The van der Waals surface area contributed by atoms with E-state index in [0.29, 0.717) is 0 Å². The van der Waals surface area contributed by atoms with E-state index in [2.05, 4.69) is 22.5 Å². The molecule has 0 atom stereocenters. The molecule has 1 heterocycles. The third kappa shape index (κ3) is 2.99. The van der Waals surface area contributed by atoms with E-state index in [1.54, 1.807) is 0 Å². The lowest BCUT2D eigenvalue weighted by molar-refractivity contribution is 0.674. The maximum absolute atomic E-state index is 4.77. The van der Waals surface area contributed by atoms with Gasteiger partial charge in [0.05, 0.1) is 5.69 Å². The molecule has 0 spiro atoms. The van der Waals surface area contributed by atoms with Gasteiger partial charge in [-0.25, -0.2) is 4.98 Å². The van der Waals surface area contributed by atoms with Crippen molar-refractivity contribution >= 4 is 16.5 Å². The normalized spacial score (nSPS) is 19.6. The Hall–Kier alpha value is -0.610. The third-order valence-electron chi connectivity index (χ3n) is 3.39. The molecular weight excluding hydrogens is 230 g/mol. The summed E-state index contributed by atoms with van der Waals surface area (Å²) in [7, 11) is 0. The number of rotatable bonds is 7. The van der Waals surface area contributed by atoms with Crippen LogP contribution in [0.25, 0.3) is 0 Å². The van der Waals surface area contributed by atoms with Crippen molar-refractivity contribution in [2.24, 2.45) is 0 Å². The first kappa shape index (κ1) is 11.5. The van der Waals surface area contributed by atoms with Crippen molar-refractivity contribution in [3.05, 3.63) is 11.1 Å². The van der Waals surface area contributed by atoms with E-state index in [-0.39, 0.29) is 0 Å². The summed E-state index contributed by atoms with van der Waals surface area (Å²) < 4.78 is 0. The Morgan fingerprint density at radius 3 is 2.88 bits per heavy atom. The minimum atomic E-state index is 0.773. The van der Waals surface area contributed by atoms with Crippen LogP contribution < -0.4 is 10.2 Å². The molecule has 4 heteroatoms. The van der Waals surface area contributed by atoms with Crippen LogP contribution >= 0.6 is 11.3 Å². The largest absolute Gasteiger partial charge is 0.345 e. The molecule has 94 valence electrons. The van der Waals surface area contributed by atoms with E-state index < -0.39 is 0 Å². The first-order valence-electron chi connectivity index (χ1n) is 6.81. The van der Waals surface area contributed by atoms with Crippen molar-refractivity contribution in [3.63, 3.8) is 0 Å². The van der Waals surface area contributed by atoms with Crippen LogP contribution in [0.3, 0.4) is 0 Å². The summed E-state index contributed by atoms with van der Waals surface area (Å²) in [5.41, 5.74) is 1.22. The molecule has 0 unspecified atom stereocenters. The van der Waals surface area contributed by atoms with Gasteiger partial charge in [-0.05, 0) is 32.1 Å². The van der Waals surface area contributed by atoms with E-state index in [1.165, 1.54) is 42.9 Å². The van der Waals surface area contributed by atoms with E-state index in [4.69, 9.17) is 4.98 Å². The van der Waals surface area contributed by atoms with E-state index in [9.17, 15) is 0 Å². The van der Waals surface area contributed by atoms with Crippen LogP contribution in [-0.4, -0.2) is 23.6 Å². The fourth-order valence-electron chi connectivity index (χ4n) is 2.11. The number of nitrogens with one attached hydrogen (secondary N) is 1. The van der Waals surface area contributed by atoms with Gasteiger partial charge in [0.1, 0.15) is 0 Å². The van der Waals surface area contributed by atoms with Crippen LogP contribution in [0.2, 0.25) is 0 Å². The maximum atomic E-state index is 4.77. The molecule has 0 bridgehead atoms. The molecule has 0 radical (unpaired) electrons. The lowest BCUT2D eigenvalue weighted by atomic mass is 10.4. The Morgan fingerprint density at radius 1 is 1.41 bits per heavy atom. The average molecular weight is 251 g/mol. The first-order chi connectivity index (χ1) is 8.36. The van der Waals surface area contributed by atoms with Crippen LogP contribution in [-0.2, 0) is 6.54 Å². The fraction of sp³-hybridized carbons (Fsp3) is 0.769. The monoisotopic (exact) mass is 251 g/mol. The van der Waals surface area contributed by atoms with Crippen molar-refractivity contribution in [2.45, 2.75) is 57.7 Å². The molecule has 0 saturated heterocycles.